The zero-order chi connectivity index (χ0) is 109. The van der Waals surface area contributed by atoms with Gasteiger partial charge in [0.05, 0.1) is 28.5 Å². The third-order valence-corrected chi connectivity index (χ3v) is 28.0. The molecular weight excluding hydrogens is 2150 g/mol. The summed E-state index contributed by atoms with van der Waals surface area (Å²) in [7, 11) is 6.91. The van der Waals surface area contributed by atoms with Crippen molar-refractivity contribution in [3.63, 3.8) is 0 Å². The zero-order valence-electron chi connectivity index (χ0n) is 86.0. The number of pyridine rings is 6. The van der Waals surface area contributed by atoms with Crippen LogP contribution in [0.3, 0.4) is 0 Å². The first kappa shape index (κ1) is 116. The van der Waals surface area contributed by atoms with Crippen LogP contribution >= 0.6 is 60.2 Å². The number of fused-ring (bicyclic) bond motifs is 10. The number of primary amides is 1. The van der Waals surface area contributed by atoms with Crippen molar-refractivity contribution in [2.75, 3.05) is 141 Å². The number of nitrogen functional groups attached to an aromatic ring is 2. The summed E-state index contributed by atoms with van der Waals surface area (Å²) in [6, 6.07) is 13.6. The van der Waals surface area contributed by atoms with Crippen LogP contribution in [0.4, 0.5) is 54.3 Å². The number of amides is 8. The van der Waals surface area contributed by atoms with E-state index >= 15 is 0 Å². The number of piperidine rings is 6. The summed E-state index contributed by atoms with van der Waals surface area (Å²) in [5.41, 5.74) is 17.3. The van der Waals surface area contributed by atoms with Crippen LogP contribution in [0, 0.1) is 64.2 Å². The predicted octanol–water partition coefficient (Wildman–Crippen LogP) is 7.67. The first-order valence-corrected chi connectivity index (χ1v) is 49.8. The molecule has 19 heterocycles. The molecule has 8 amide bonds. The van der Waals surface area contributed by atoms with Gasteiger partial charge in [0.1, 0.15) is 138 Å². The molecule has 8 aromatic rings. The van der Waals surface area contributed by atoms with Crippen LogP contribution in [0.2, 0.25) is 0 Å². The largest absolute Gasteiger partial charge is 0.444 e. The van der Waals surface area contributed by atoms with Gasteiger partial charge in [-0.15, -0.1) is 12.4 Å². The Balaban J connectivity index is 0.000000181. The summed E-state index contributed by atoms with van der Waals surface area (Å²) in [5.74, 6) is -1.20. The van der Waals surface area contributed by atoms with Gasteiger partial charge in [0.25, 0.3) is 68.8 Å². The van der Waals surface area contributed by atoms with Gasteiger partial charge in [-0.1, -0.05) is 7.43 Å². The van der Waals surface area contributed by atoms with Gasteiger partial charge in [-0.3, -0.25) is 94.9 Å². The number of nitriles is 2. The molecule has 0 aliphatic carbocycles. The fourth-order valence-electron chi connectivity index (χ4n) is 20.4. The number of anilines is 7. The second-order valence-electron chi connectivity index (χ2n) is 40.1. The van der Waals surface area contributed by atoms with Crippen molar-refractivity contribution >= 4 is 154 Å². The van der Waals surface area contributed by atoms with E-state index in [0.717, 1.165) is 95.2 Å². The molecule has 6 saturated heterocycles. The monoisotopic (exact) mass is 2270 g/mol. The first-order valence-electron chi connectivity index (χ1n) is 48.1. The van der Waals surface area contributed by atoms with Crippen LogP contribution in [0.15, 0.2) is 91.2 Å². The molecule has 802 valence electrons. The van der Waals surface area contributed by atoms with E-state index < -0.39 is 64.2 Å². The topological polar surface area (TPSA) is 617 Å². The standard InChI is InChI=1S/2C18H20N8O2.C18H26N4O4.C13H16BrN3O2.C12H14BrN3O2.C10H17NO3.C7H7BrN2O2.CH3F.CH4.ClH/c2*1-10-6-12(23-15-11(7-19)14(20)21-9-22-15)17(28)26-13(10)16(27)24-18(26)4-3-5-25(2)8-18;1-11-9-12(19-16(25)26-17(2,3)4)15(24)22-13(11)14(23)20-18(22)7-6-8-21(5)10-18;1-8-6-9(14)12(19)17-10(8)11(18)15-13(17)4-3-5-16(2)7-13;1-7-5-8(13)11(18)16-9(7)10(17)15-12(16)3-2-4-14-6-12;1-10(2,3)14-9(13)11-6-4-5-8(12)7-11;1-3-2-4(8)7(12)10-5(3)6(9)11;1-2;;/h2*6,9H,3-5,8H2,1-2H3,(H,24,27)(H3,20,21,22,23);9H,6-8,10H2,1-5H3,(H,19,25)(H,20,23);6H,3-5,7H2,1-2H3,(H,15,18);5,14H,2-4,6H2,1H3,(H,15,17);4-7H2,1-3H3;2H,1H3,(H2,9,11)(H,10,12);1H3;1H4;1H/t2*18-;;;;;;;;/m10......../s1/i;;;;;;;1D;;. The van der Waals surface area contributed by atoms with Gasteiger partial charge in [-0.25, -0.2) is 29.5 Å². The molecule has 11 aliphatic rings. The van der Waals surface area contributed by atoms with Crippen molar-refractivity contribution in [2.24, 2.45) is 5.73 Å². The summed E-state index contributed by atoms with van der Waals surface area (Å²) >= 11 is 9.61. The lowest BCUT2D eigenvalue weighted by atomic mass is 9.98. The molecular formula is C98H128Br3ClFN29O17. The molecule has 3 unspecified atom stereocenters. The number of Topliss-reactive ketones (excluding diaryl/α,β-unsaturated/α-hetero) is 1. The van der Waals surface area contributed by atoms with E-state index in [-0.39, 0.29) is 153 Å². The molecule has 16 N–H and O–H groups in total. The summed E-state index contributed by atoms with van der Waals surface area (Å²) in [6.45, 7) is 29.8. The van der Waals surface area contributed by atoms with E-state index in [9.17, 15) is 86.8 Å². The minimum absolute atomic E-state index is 0. The summed E-state index contributed by atoms with van der Waals surface area (Å²) in [6.07, 6.45) is 10.8. The molecule has 5 spiro atoms. The second kappa shape index (κ2) is 47.2. The predicted molar refractivity (Wildman–Crippen MR) is 569 cm³/mol. The van der Waals surface area contributed by atoms with E-state index in [0.29, 0.717) is 129 Å². The Morgan fingerprint density at radius 2 is 0.805 bits per heavy atom. The van der Waals surface area contributed by atoms with Crippen LogP contribution in [-0.4, -0.2) is 251 Å². The maximum atomic E-state index is 13.4. The van der Waals surface area contributed by atoms with Crippen LogP contribution in [0.5, 0.6) is 0 Å². The fraction of sp³-hybridized carbons (Fsp3) is 0.500. The van der Waals surface area contributed by atoms with Crippen LogP contribution in [-0.2, 0) is 42.6 Å². The van der Waals surface area contributed by atoms with Crippen molar-refractivity contribution in [3.8, 4) is 12.1 Å². The SMILES string of the molecule is C.CC(C)(C)OC(=O)N1CCCC(=O)C1.Cc1cc(Br)c(=O)[nH]c1C(N)=O.Cc1cc(Br)c(=O)n2c1C(=O)NC21CCCN(C)C1.Cc1cc(Br)c(=O)n2c1C(=O)NC21CCCNC1.Cc1cc(NC(=O)OC(C)(C)C)c(=O)n2c1C(=O)NC21CCCN(C)C1.Cc1cc(Nc2ncnc(N)c2C#N)c(=O)n2c1C(=O)N[C@@]21CCCN(C)C1.Cc1cc(Nc2ncnc(N)c2C#N)c(=O)n2c1C(=O)N[C@]21CCCN(C)C1.Cl.[2H]CF. The number of nitrogens with zero attached hydrogens (tertiary/aromatic N) is 16. The molecule has 8 aromatic heterocycles. The number of ketones is 1. The molecule has 0 radical (unpaired) electrons. The molecule has 6 fully saturated rings. The minimum atomic E-state index is -1.00. The molecule has 51 heteroatoms. The fourth-order valence-corrected chi connectivity index (χ4v) is 21.8. The average Bonchev–Trinajstić information content (AvgIpc) is 1.58. The van der Waals surface area contributed by atoms with Gasteiger partial charge in [0, 0.05) is 45.7 Å². The summed E-state index contributed by atoms with van der Waals surface area (Å²) in [5, 5.41) is 45.3. The van der Waals surface area contributed by atoms with Gasteiger partial charge in [0.15, 0.2) is 17.4 Å². The lowest BCUT2D eigenvalue weighted by molar-refractivity contribution is -0.122. The van der Waals surface area contributed by atoms with Crippen LogP contribution < -0.4 is 98.4 Å². The van der Waals surface area contributed by atoms with Crippen molar-refractivity contribution < 1.29 is 58.4 Å². The maximum absolute atomic E-state index is 13.4. The average molecular weight is 2280 g/mol. The lowest BCUT2D eigenvalue weighted by Gasteiger charge is -2.39. The van der Waals surface area contributed by atoms with E-state index in [4.69, 9.17) is 28.0 Å². The van der Waals surface area contributed by atoms with E-state index in [2.05, 4.69) is 140 Å². The molecule has 5 atom stereocenters. The first-order chi connectivity index (χ1) is 69.6. The van der Waals surface area contributed by atoms with Gasteiger partial charge in [-0.2, -0.15) is 10.5 Å². The van der Waals surface area contributed by atoms with Crippen molar-refractivity contribution in [1.29, 1.82) is 10.5 Å². The quantitative estimate of drug-likeness (QED) is 0.0759. The Hall–Kier alpha value is -13.5. The Morgan fingerprint density at radius 3 is 1.14 bits per heavy atom. The molecule has 0 bridgehead atoms. The van der Waals surface area contributed by atoms with Crippen LogP contribution in [0.25, 0.3) is 0 Å². The summed E-state index contributed by atoms with van der Waals surface area (Å²) < 4.78 is 35.2. The molecule has 11 aliphatic heterocycles. The number of nitrogens with one attached hydrogen (secondary N) is 10. The number of rotatable bonds is 6. The number of carbonyl (C=O) groups excluding carboxylic acids is 9. The van der Waals surface area contributed by atoms with Gasteiger partial charge in [0.2, 0.25) is 0 Å². The number of aromatic nitrogens is 10. The molecule has 149 heavy (non-hydrogen) atoms. The number of aryl methyl sites for hydroxylation is 6. The minimum Gasteiger partial charge on any atom is -0.444 e. The molecule has 19 rings (SSSR count). The van der Waals surface area contributed by atoms with Crippen LogP contribution in [0.1, 0.15) is 235 Å². The number of hydrogen-bond acceptors (Lipinski definition) is 32. The van der Waals surface area contributed by atoms with E-state index in [1.165, 1.54) is 28.2 Å². The number of nitrogens with two attached hydrogens (primary N) is 3. The van der Waals surface area contributed by atoms with Gasteiger partial charge < -0.3 is 98.7 Å². The van der Waals surface area contributed by atoms with E-state index in [1.807, 2.05) is 74.9 Å². The number of H-pyrrole nitrogens is 1. The van der Waals surface area contributed by atoms with Gasteiger partial charge >= 0.3 is 12.2 Å². The highest BCUT2D eigenvalue weighted by molar-refractivity contribution is 9.11. The Bertz CT molecular complexity index is 6960. The zero-order valence-corrected chi connectivity index (χ0v) is 90.6. The Kier molecular flexibility index (Phi) is 36.7. The number of halogens is 5. The smallest absolute Gasteiger partial charge is 0.412 e. The normalized spacial score (nSPS) is 21.2. The van der Waals surface area contributed by atoms with Crippen molar-refractivity contribution in [3.05, 3.63) is 203 Å². The number of ether oxygens (including phenoxy) is 2. The van der Waals surface area contributed by atoms with E-state index in [1.54, 1.807) is 97.1 Å². The Labute approximate surface area is 890 Å². The number of likely N-dealkylation sites (tertiary alicyclic amines) is 5. The number of likely N-dealkylation sites (N-methyl/N-ethyl adjacent to an activating group) is 4. The highest BCUT2D eigenvalue weighted by atomic mass is 79.9. The number of carbonyl (C=O) groups is 9. The van der Waals surface area contributed by atoms with Gasteiger partial charge in [-0.05, 0) is 332 Å². The number of aromatic amines is 1. The molecule has 46 nitrogen and oxygen atoms in total. The lowest BCUT2D eigenvalue weighted by Crippen LogP contribution is -2.57. The third-order valence-electron chi connectivity index (χ3n) is 26.3. The maximum Gasteiger partial charge on any atom is 0.412 e. The highest BCUT2D eigenvalue weighted by Crippen LogP contribution is 2.40. The number of hydrogen-bond donors (Lipinski definition) is 13. The number of alkyl halides is 1. The Morgan fingerprint density at radius 1 is 0.477 bits per heavy atom. The molecule has 0 aromatic carbocycles. The molecule has 0 saturated carbocycles. The van der Waals surface area contributed by atoms with Crippen molar-refractivity contribution in [2.45, 2.75) is 207 Å². The highest BCUT2D eigenvalue weighted by Gasteiger charge is 2.53. The van der Waals surface area contributed by atoms with Crippen molar-refractivity contribution in [1.82, 2.24) is 104 Å². The third kappa shape index (κ3) is 25.0. The summed E-state index contributed by atoms with van der Waals surface area (Å²) in [4.78, 5) is 211. The second-order valence-corrected chi connectivity index (χ2v) is 42.6.